The number of aliphatic imine (C=N–C) groups is 7. The fourth-order valence-corrected chi connectivity index (χ4v) is 22.0. The van der Waals surface area contributed by atoms with E-state index in [1.54, 1.807) is 30.4 Å². The average molecular weight is 1820 g/mol. The van der Waals surface area contributed by atoms with Crippen molar-refractivity contribution in [3.8, 4) is 5.75 Å². The number of fused-ring (bicyclic) bond motifs is 7. The van der Waals surface area contributed by atoms with Crippen LogP contribution in [0.3, 0.4) is 0 Å². The molecule has 0 N–H and O–H groups in total. The van der Waals surface area contributed by atoms with Crippen LogP contribution in [0.15, 0.2) is 228 Å². The van der Waals surface area contributed by atoms with Crippen molar-refractivity contribution >= 4 is 102 Å². The van der Waals surface area contributed by atoms with E-state index in [-0.39, 0.29) is 41.3 Å². The average Bonchev–Trinajstić information content (AvgIpc) is 1.79. The zero-order valence-corrected chi connectivity index (χ0v) is 80.3. The minimum absolute atomic E-state index is 0.0386. The molecule has 0 radical (unpaired) electrons. The number of allylic oxidation sites excluding steroid dienone is 10. The number of ketones is 2. The van der Waals surface area contributed by atoms with Gasteiger partial charge in [0.05, 0.1) is 6.61 Å². The zero-order valence-electron chi connectivity index (χ0n) is 79.5. The maximum absolute atomic E-state index is 14.4. The number of thioether (sulfide) groups is 1. The minimum Gasteiger partial charge on any atom is -0.490 e. The van der Waals surface area contributed by atoms with Gasteiger partial charge in [-0.1, -0.05) is 173 Å². The van der Waals surface area contributed by atoms with Crippen molar-refractivity contribution in [3.05, 3.63) is 306 Å². The van der Waals surface area contributed by atoms with E-state index in [9.17, 15) is 31.5 Å². The summed E-state index contributed by atoms with van der Waals surface area (Å²) in [4.78, 5) is 58.7. The fraction of sp³-hybridized carbons (Fsp3) is 0.402. The molecule has 0 spiro atoms. The first-order valence-electron chi connectivity index (χ1n) is 48.8. The first-order chi connectivity index (χ1) is 64.7. The van der Waals surface area contributed by atoms with E-state index in [0.29, 0.717) is 84.6 Å². The molecule has 0 bridgehead atoms. The van der Waals surface area contributed by atoms with Gasteiger partial charge in [0.15, 0.2) is 11.6 Å². The molecule has 23 rings (SSSR count). The Kier molecular flexibility index (Phi) is 29.5. The van der Waals surface area contributed by atoms with Gasteiger partial charge in [-0.05, 0) is 292 Å². The second-order valence-corrected chi connectivity index (χ2v) is 40.9. The summed E-state index contributed by atoms with van der Waals surface area (Å²) < 4.78 is 75.6. The second-order valence-electron chi connectivity index (χ2n) is 39.8. The number of halogens is 5. The molecule has 7 aromatic rings. The molecule has 10 heterocycles. The molecular formula is C117H125F5N8O3S. The van der Waals surface area contributed by atoms with Gasteiger partial charge < -0.3 is 4.74 Å². The molecule has 1 aromatic heterocycles. The SMILES string of the molecule is C=C1CCc2cc(C3=C(F)N=C(C)C3)cnc2C1.C=C1Cc2ccc(C3=C(F)N=C(C)C3)cc2CC1CC.C=C1Cc2ccc(C3=CN=C(C)C3)cc2CC1CC.CC1=NC(F)=C(c2ccc3c(c2)CC(CC2CC2)C(=O)C3)C1.CC1=NC=C(c2ccc3c(c2)CC(CC2CC2)C(=O)C3)C1.CC1=NC=C(c2ccc3c(c2F)OCCC3)C1.CC1=NC=C(c2ccc3c(c2F)SCCC3)C1. The summed E-state index contributed by atoms with van der Waals surface area (Å²) >= 11 is 1.65. The van der Waals surface area contributed by atoms with Crippen molar-refractivity contribution in [1.82, 2.24) is 4.98 Å². The standard InChI is InChI=1S/C19H20FNO.C19H21NO.C18H20FN.C18H21N.C15H15FN2.C14H14FNO.C14H14FNS/c1-11-6-17(19(20)21-11)14-5-4-13-10-18(22)16(7-12-2-3-12)9-15(13)8-14;1-12-6-18(11-20-12)14-4-5-15-10-19(21)17(7-13-2-3-13)9-16(15)8-14;1-4-13-9-16-10-15(6-5-14(16)7-11(13)2)17-8-12(3)20-18(17)19;1-4-14-9-17-10-16(18-8-13(3)19-11-18)6-5-15(17)7-12(14)2;1-9-3-4-11-7-12(8-17-14(11)5-9)13-6-10(2)18-15(13)16;2*1-9-7-11(8-16-9)12-5-4-10-3-2-6-17-14(10)13(12)15/h4-5,8,12,16H,2-3,6-7,9-10H2,1H3;4-5,8,11,13,17H,2-3,6-7,9-10H2,1H3;5-6,10,13H,2,4,7-9H2,1,3H3;5-6,10-11,14H,2,4,7-9H2,1,3H3;7-8H,1,3-6H2,2H3;2*4-5,8H,2-3,6-7H2,1H3. The van der Waals surface area contributed by atoms with E-state index in [2.05, 4.69) is 154 Å². The van der Waals surface area contributed by atoms with E-state index < -0.39 is 0 Å². The Morgan fingerprint density at radius 1 is 0.381 bits per heavy atom. The predicted octanol–water partition coefficient (Wildman–Crippen LogP) is 28.7. The van der Waals surface area contributed by atoms with Crippen LogP contribution in [0.2, 0.25) is 0 Å². The van der Waals surface area contributed by atoms with E-state index in [1.807, 2.05) is 83.4 Å². The molecule has 6 aromatic carbocycles. The Morgan fingerprint density at radius 2 is 0.776 bits per heavy atom. The van der Waals surface area contributed by atoms with E-state index in [4.69, 9.17) is 4.74 Å². The van der Waals surface area contributed by atoms with Crippen LogP contribution in [0.5, 0.6) is 5.75 Å². The molecule has 2 saturated carbocycles. The molecule has 4 unspecified atom stereocenters. The largest absolute Gasteiger partial charge is 0.490 e. The highest BCUT2D eigenvalue weighted by molar-refractivity contribution is 7.99. The van der Waals surface area contributed by atoms with Gasteiger partial charge in [-0.25, -0.2) is 23.8 Å². The van der Waals surface area contributed by atoms with Crippen molar-refractivity contribution in [2.24, 2.45) is 70.5 Å². The van der Waals surface area contributed by atoms with E-state index in [0.717, 1.165) is 235 Å². The van der Waals surface area contributed by atoms with Crippen LogP contribution < -0.4 is 4.74 Å². The van der Waals surface area contributed by atoms with Crippen molar-refractivity contribution in [3.63, 3.8) is 0 Å². The van der Waals surface area contributed by atoms with Crippen LogP contribution in [-0.2, 0) is 86.6 Å². The Labute approximate surface area is 792 Å². The molecular weight excluding hydrogens is 1690 g/mol. The fourth-order valence-electron chi connectivity index (χ4n) is 20.9. The zero-order chi connectivity index (χ0) is 93.7. The summed E-state index contributed by atoms with van der Waals surface area (Å²) in [6.07, 6.45) is 38.4. The summed E-state index contributed by atoms with van der Waals surface area (Å²) in [5.41, 5.74) is 39.6. The summed E-state index contributed by atoms with van der Waals surface area (Å²) in [7, 11) is 0. The molecule has 0 amide bonds. The highest BCUT2D eigenvalue weighted by Gasteiger charge is 2.36. The normalized spacial score (nSPS) is 21.5. The number of benzene rings is 6. The third-order valence-electron chi connectivity index (χ3n) is 29.1. The van der Waals surface area contributed by atoms with Crippen LogP contribution in [0, 0.1) is 47.1 Å². The van der Waals surface area contributed by atoms with Gasteiger partial charge in [0.1, 0.15) is 17.4 Å². The van der Waals surface area contributed by atoms with Crippen LogP contribution in [0.25, 0.3) is 39.0 Å². The second kappa shape index (κ2) is 41.9. The molecule has 692 valence electrons. The monoisotopic (exact) mass is 1820 g/mol. The van der Waals surface area contributed by atoms with Crippen LogP contribution in [-0.4, -0.2) is 68.9 Å². The lowest BCUT2D eigenvalue weighted by Crippen LogP contribution is -2.26. The summed E-state index contributed by atoms with van der Waals surface area (Å²) in [6.45, 7) is 31.2. The van der Waals surface area contributed by atoms with Crippen LogP contribution in [0.1, 0.15) is 284 Å². The summed E-state index contributed by atoms with van der Waals surface area (Å²) in [6, 6.07) is 35.8. The van der Waals surface area contributed by atoms with Gasteiger partial charge in [-0.15, -0.1) is 11.8 Å². The minimum atomic E-state index is -0.352. The molecule has 9 aliphatic heterocycles. The number of hydrogen-bond acceptors (Lipinski definition) is 12. The number of Topliss-reactive ketones (excluding diaryl/α,β-unsaturated/α-hetero) is 2. The topological polar surface area (TPSA) is 143 Å². The molecule has 17 heteroatoms. The number of carbonyl (C=O) groups is 2. The molecule has 11 nitrogen and oxygen atoms in total. The smallest absolute Gasteiger partial charge is 0.217 e. The maximum atomic E-state index is 14.4. The summed E-state index contributed by atoms with van der Waals surface area (Å²) in [5, 5.41) is 0. The molecule has 16 aliphatic rings. The number of pyridine rings is 1. The Hall–Kier alpha value is -11.3. The third kappa shape index (κ3) is 22.6. The molecule has 0 saturated heterocycles. The number of rotatable bonds is 13. The summed E-state index contributed by atoms with van der Waals surface area (Å²) in [5.74, 6) is 4.33. The molecule has 7 aliphatic carbocycles. The lowest BCUT2D eigenvalue weighted by molar-refractivity contribution is -0.123. The predicted molar refractivity (Wildman–Crippen MR) is 544 cm³/mol. The number of aromatic nitrogens is 1. The van der Waals surface area contributed by atoms with Crippen molar-refractivity contribution in [2.75, 3.05) is 12.4 Å². The third-order valence-corrected chi connectivity index (χ3v) is 30.4. The lowest BCUT2D eigenvalue weighted by Gasteiger charge is -2.26. The van der Waals surface area contributed by atoms with Gasteiger partial charge in [0.2, 0.25) is 17.9 Å². The first-order valence-corrected chi connectivity index (χ1v) is 49.8. The molecule has 134 heavy (non-hydrogen) atoms. The highest BCUT2D eigenvalue weighted by Crippen LogP contribution is 2.46. The maximum Gasteiger partial charge on any atom is 0.217 e. The van der Waals surface area contributed by atoms with Crippen LogP contribution >= 0.6 is 11.8 Å². The Morgan fingerprint density at radius 3 is 1.21 bits per heavy atom. The van der Waals surface area contributed by atoms with Gasteiger partial charge in [0.25, 0.3) is 0 Å². The van der Waals surface area contributed by atoms with Gasteiger partial charge >= 0.3 is 0 Å². The van der Waals surface area contributed by atoms with Crippen molar-refractivity contribution in [2.45, 2.75) is 260 Å². The molecule has 4 atom stereocenters. The van der Waals surface area contributed by atoms with Crippen molar-refractivity contribution in [1.29, 1.82) is 0 Å². The number of nitrogens with zero attached hydrogens (tertiary/aromatic N) is 8. The van der Waals surface area contributed by atoms with Gasteiger partial charge in [0, 0.05) is 191 Å². The quantitative estimate of drug-likeness (QED) is 0.0642. The number of ether oxygens (including phenoxy) is 1. The van der Waals surface area contributed by atoms with Gasteiger partial charge in [-0.2, -0.15) is 13.2 Å². The van der Waals surface area contributed by atoms with Crippen LogP contribution in [0.4, 0.5) is 22.0 Å². The van der Waals surface area contributed by atoms with E-state index >= 15 is 0 Å². The Balaban J connectivity index is 0.000000109. The highest BCUT2D eigenvalue weighted by atomic mass is 32.2. The first kappa shape index (κ1) is 94.5. The Bertz CT molecular complexity index is 6320. The van der Waals surface area contributed by atoms with Gasteiger partial charge in [-0.3, -0.25) is 34.5 Å². The number of aryl methyl sites for hydroxylation is 3. The molecule has 2 fully saturated rings. The lowest BCUT2D eigenvalue weighted by atomic mass is 9.78. The van der Waals surface area contributed by atoms with Crippen molar-refractivity contribution < 1.29 is 36.3 Å². The number of hydrogen-bond donors (Lipinski definition) is 0. The van der Waals surface area contributed by atoms with E-state index in [1.165, 1.54) is 133 Å². The number of carbonyl (C=O) groups excluding carboxylic acids is 2.